The molecule has 4 atom stereocenters. The van der Waals surface area contributed by atoms with Gasteiger partial charge in [-0.15, -0.1) is 0 Å². The van der Waals surface area contributed by atoms with Gasteiger partial charge in [0.1, 0.15) is 29.5 Å². The fourth-order valence-electron chi connectivity index (χ4n) is 6.20. The maximum atomic E-state index is 14.5. The van der Waals surface area contributed by atoms with Crippen LogP contribution in [0.15, 0.2) is 35.1 Å². The predicted octanol–water partition coefficient (Wildman–Crippen LogP) is 4.14. The summed E-state index contributed by atoms with van der Waals surface area (Å²) < 4.78 is 37.6. The summed E-state index contributed by atoms with van der Waals surface area (Å²) in [5.41, 5.74) is -1.38. The van der Waals surface area contributed by atoms with Gasteiger partial charge in [0, 0.05) is 30.7 Å². The van der Waals surface area contributed by atoms with Gasteiger partial charge in [0.05, 0.1) is 31.9 Å². The number of aromatic nitrogens is 1. The number of urea groups is 1. The first kappa shape index (κ1) is 29.0. The van der Waals surface area contributed by atoms with Crippen LogP contribution in [0.4, 0.5) is 9.18 Å². The van der Waals surface area contributed by atoms with Crippen molar-refractivity contribution < 1.29 is 42.5 Å². The van der Waals surface area contributed by atoms with Crippen molar-refractivity contribution in [3.8, 4) is 5.75 Å². The summed E-state index contributed by atoms with van der Waals surface area (Å²) >= 11 is 0. The summed E-state index contributed by atoms with van der Waals surface area (Å²) in [6.07, 6.45) is 4.71. The molecular formula is C29H36FN3O8. The highest BCUT2D eigenvalue weighted by molar-refractivity contribution is 6.03. The van der Waals surface area contributed by atoms with Gasteiger partial charge >= 0.3 is 12.0 Å². The Labute approximate surface area is 237 Å². The molecule has 1 saturated carbocycles. The second kappa shape index (κ2) is 11.8. The van der Waals surface area contributed by atoms with E-state index in [0.717, 1.165) is 4.90 Å². The van der Waals surface area contributed by atoms with Crippen molar-refractivity contribution >= 4 is 17.9 Å². The number of rotatable bonds is 9. The minimum absolute atomic E-state index is 0.0275. The Kier molecular flexibility index (Phi) is 8.32. The Balaban J connectivity index is 1.53. The van der Waals surface area contributed by atoms with Crippen molar-refractivity contribution in [3.05, 3.63) is 47.9 Å². The molecule has 2 aliphatic heterocycles. The van der Waals surface area contributed by atoms with Crippen molar-refractivity contribution in [1.29, 1.82) is 0 Å². The Bertz CT molecular complexity index is 1260. The molecule has 222 valence electrons. The molecule has 3 heterocycles. The van der Waals surface area contributed by atoms with Crippen LogP contribution in [0.1, 0.15) is 69.4 Å². The van der Waals surface area contributed by atoms with Crippen LogP contribution >= 0.6 is 0 Å². The number of hydrogen-bond donors (Lipinski definition) is 1. The molecule has 1 N–H and O–H groups in total. The zero-order chi connectivity index (χ0) is 29.3. The number of aliphatic carboxylic acids is 1. The fraction of sp³-hybridized carbons (Fsp3) is 0.586. The summed E-state index contributed by atoms with van der Waals surface area (Å²) in [6.45, 7) is 3.68. The lowest BCUT2D eigenvalue weighted by Gasteiger charge is -2.51. The summed E-state index contributed by atoms with van der Waals surface area (Å²) in [7, 11) is 1.48. The molecule has 0 radical (unpaired) electrons. The zero-order valence-electron chi connectivity index (χ0n) is 23.5. The van der Waals surface area contributed by atoms with E-state index in [1.165, 1.54) is 50.3 Å². The zero-order valence-corrected chi connectivity index (χ0v) is 23.5. The molecule has 3 unspecified atom stereocenters. The van der Waals surface area contributed by atoms with Crippen molar-refractivity contribution in [1.82, 2.24) is 14.8 Å². The van der Waals surface area contributed by atoms with Gasteiger partial charge < -0.3 is 28.6 Å². The van der Waals surface area contributed by atoms with Crippen LogP contribution in [-0.4, -0.2) is 82.4 Å². The molecule has 1 aliphatic carbocycles. The Hall–Kier alpha value is -3.51. The third kappa shape index (κ3) is 5.67. The minimum atomic E-state index is -1.80. The minimum Gasteiger partial charge on any atom is -0.496 e. The van der Waals surface area contributed by atoms with E-state index in [4.69, 9.17) is 18.6 Å². The number of carboxylic acids is 1. The van der Waals surface area contributed by atoms with Crippen LogP contribution in [0.5, 0.6) is 5.75 Å². The smallest absolute Gasteiger partial charge is 0.329 e. The van der Waals surface area contributed by atoms with Crippen molar-refractivity contribution in [2.45, 2.75) is 75.7 Å². The van der Waals surface area contributed by atoms with Gasteiger partial charge in [-0.3, -0.25) is 4.79 Å². The van der Waals surface area contributed by atoms with E-state index in [0.29, 0.717) is 62.5 Å². The van der Waals surface area contributed by atoms with Gasteiger partial charge in [-0.2, -0.15) is 0 Å². The van der Waals surface area contributed by atoms with Crippen molar-refractivity contribution in [2.24, 2.45) is 5.92 Å². The molecule has 2 aromatic rings. The summed E-state index contributed by atoms with van der Waals surface area (Å²) in [5.74, 6) is -2.26. The number of benzene rings is 1. The molecule has 41 heavy (non-hydrogen) atoms. The average molecular weight is 574 g/mol. The quantitative estimate of drug-likeness (QED) is 0.470. The molecule has 3 aliphatic rings. The van der Waals surface area contributed by atoms with E-state index in [-0.39, 0.29) is 18.6 Å². The standard InChI is InChI=1S/C29H36FN3O8/c1-29(2,27(35)36)33-26(34)20-14-17(25-31-10-13-40-25)4-6-22(20)32(28(33)37)16-24(41-19-8-11-39-12-9-19)21-15-18(30)5-7-23(21)38-3/h5,7,10,13,15,17,19-20,22,24H,4,6,8-9,11-12,14,16H2,1-3H3,(H,35,36)/t17?,20?,22?,24-/m0/s1. The number of carbonyl (C=O) groups is 3. The highest BCUT2D eigenvalue weighted by Gasteiger charge is 2.55. The molecule has 5 rings (SSSR count). The lowest BCUT2D eigenvalue weighted by molar-refractivity contribution is -0.161. The SMILES string of the molecule is COc1ccc(F)cc1[C@H](CN1C(=O)N(C(C)(C)C(=O)O)C(=O)C2CC(c3ncco3)CCC21)OC1CCOCC1. The first-order chi connectivity index (χ1) is 19.6. The number of nitrogens with zero attached hydrogens (tertiary/aromatic N) is 3. The molecule has 1 aromatic heterocycles. The molecule has 3 fully saturated rings. The topological polar surface area (TPSA) is 132 Å². The van der Waals surface area contributed by atoms with Gasteiger partial charge in [-0.25, -0.2) is 23.9 Å². The number of halogens is 1. The van der Waals surface area contributed by atoms with Gasteiger partial charge in [0.25, 0.3) is 0 Å². The van der Waals surface area contributed by atoms with Crippen LogP contribution in [-0.2, 0) is 19.1 Å². The first-order valence-corrected chi connectivity index (χ1v) is 14.0. The Morgan fingerprint density at radius 2 is 1.98 bits per heavy atom. The largest absolute Gasteiger partial charge is 0.496 e. The maximum Gasteiger partial charge on any atom is 0.329 e. The van der Waals surface area contributed by atoms with Crippen LogP contribution in [0.25, 0.3) is 0 Å². The normalized spacial score (nSPS) is 24.7. The number of ether oxygens (including phenoxy) is 3. The average Bonchev–Trinajstić information content (AvgIpc) is 3.50. The van der Waals surface area contributed by atoms with E-state index in [1.807, 2.05) is 0 Å². The van der Waals surface area contributed by atoms with Crippen molar-refractivity contribution in [3.63, 3.8) is 0 Å². The molecule has 2 saturated heterocycles. The lowest BCUT2D eigenvalue weighted by Crippen LogP contribution is -2.69. The Morgan fingerprint density at radius 3 is 2.63 bits per heavy atom. The second-order valence-electron chi connectivity index (χ2n) is 11.3. The Morgan fingerprint density at radius 1 is 1.22 bits per heavy atom. The van der Waals surface area contributed by atoms with Crippen LogP contribution in [0.3, 0.4) is 0 Å². The monoisotopic (exact) mass is 573 g/mol. The van der Waals surface area contributed by atoms with Crippen molar-refractivity contribution in [2.75, 3.05) is 26.9 Å². The van der Waals surface area contributed by atoms with Gasteiger partial charge in [0.15, 0.2) is 5.89 Å². The van der Waals surface area contributed by atoms with Gasteiger partial charge in [0.2, 0.25) is 5.91 Å². The van der Waals surface area contributed by atoms with Crippen LogP contribution in [0, 0.1) is 11.7 Å². The van der Waals surface area contributed by atoms with E-state index in [1.54, 1.807) is 6.20 Å². The van der Waals surface area contributed by atoms with Gasteiger partial charge in [-0.1, -0.05) is 0 Å². The third-order valence-electron chi connectivity index (χ3n) is 8.50. The predicted molar refractivity (Wildman–Crippen MR) is 142 cm³/mol. The number of oxazole rings is 1. The van der Waals surface area contributed by atoms with Crippen LogP contribution in [0.2, 0.25) is 0 Å². The van der Waals surface area contributed by atoms with Crippen LogP contribution < -0.4 is 4.74 Å². The fourth-order valence-corrected chi connectivity index (χ4v) is 6.20. The summed E-state index contributed by atoms with van der Waals surface area (Å²) in [5, 5.41) is 10.0. The number of hydrogen-bond acceptors (Lipinski definition) is 8. The highest BCUT2D eigenvalue weighted by atomic mass is 19.1. The molecule has 12 heteroatoms. The number of fused-ring (bicyclic) bond motifs is 1. The van der Waals surface area contributed by atoms with Gasteiger partial charge in [-0.05, 0) is 64.2 Å². The molecule has 3 amide bonds. The van der Waals surface area contributed by atoms with E-state index in [2.05, 4.69) is 4.98 Å². The van der Waals surface area contributed by atoms with E-state index in [9.17, 15) is 23.9 Å². The summed E-state index contributed by atoms with van der Waals surface area (Å²) in [4.78, 5) is 46.9. The highest BCUT2D eigenvalue weighted by Crippen LogP contribution is 2.44. The number of carbonyl (C=O) groups excluding carboxylic acids is 2. The number of imide groups is 1. The number of carboxylic acid groups (broad SMARTS) is 1. The molecule has 11 nitrogen and oxygen atoms in total. The third-order valence-corrected chi connectivity index (χ3v) is 8.50. The molecular weight excluding hydrogens is 537 g/mol. The number of amides is 3. The molecule has 0 spiro atoms. The lowest BCUT2D eigenvalue weighted by atomic mass is 9.74. The van der Waals surface area contributed by atoms with E-state index < -0.39 is 47.3 Å². The number of methoxy groups -OCH3 is 1. The second-order valence-corrected chi connectivity index (χ2v) is 11.3. The molecule has 0 bridgehead atoms. The summed E-state index contributed by atoms with van der Waals surface area (Å²) in [6, 6.07) is 2.90. The maximum absolute atomic E-state index is 14.5. The molecule has 1 aromatic carbocycles. The van der Waals surface area contributed by atoms with E-state index >= 15 is 0 Å². The first-order valence-electron chi connectivity index (χ1n) is 14.0.